The summed E-state index contributed by atoms with van der Waals surface area (Å²) in [5, 5.41) is 0. The predicted octanol–water partition coefficient (Wildman–Crippen LogP) is 1.29. The average molecular weight is 396 g/mol. The second kappa shape index (κ2) is 8.72. The lowest BCUT2D eigenvalue weighted by molar-refractivity contribution is -0.147. The number of ether oxygens (including phenoxy) is 1. The zero-order chi connectivity index (χ0) is 21.0. The fourth-order valence-electron chi connectivity index (χ4n) is 3.29. The smallest absolute Gasteiger partial charge is 0.330 e. The number of hydrogen-bond acceptors (Lipinski definition) is 6. The van der Waals surface area contributed by atoms with Crippen LogP contribution < -0.4 is 4.90 Å². The van der Waals surface area contributed by atoms with Crippen LogP contribution in [0, 0.1) is 0 Å². The molecule has 2 aromatic rings. The maximum atomic E-state index is 12.9. The van der Waals surface area contributed by atoms with Crippen LogP contribution in [-0.4, -0.2) is 79.4 Å². The molecule has 1 saturated heterocycles. The number of rotatable bonds is 4. The number of anilines is 1. The van der Waals surface area contributed by atoms with Crippen molar-refractivity contribution in [2.24, 2.45) is 0 Å². The summed E-state index contributed by atoms with van der Waals surface area (Å²) in [5.74, 6) is -1.05. The number of piperazine rings is 1. The number of hydrogen-bond donors (Lipinski definition) is 0. The van der Waals surface area contributed by atoms with Crippen molar-refractivity contribution in [2.75, 3.05) is 45.7 Å². The van der Waals surface area contributed by atoms with Crippen molar-refractivity contribution in [2.45, 2.75) is 6.04 Å². The van der Waals surface area contributed by atoms with Crippen molar-refractivity contribution >= 4 is 23.5 Å². The number of carbonyl (C=O) groups is 3. The topological polar surface area (TPSA) is 83.0 Å². The van der Waals surface area contributed by atoms with Gasteiger partial charge in [0.25, 0.3) is 11.8 Å². The molecule has 3 rings (SSSR count). The molecule has 152 valence electrons. The third-order valence-corrected chi connectivity index (χ3v) is 4.94. The van der Waals surface area contributed by atoms with E-state index < -0.39 is 12.0 Å². The summed E-state index contributed by atoms with van der Waals surface area (Å²) in [7, 11) is 5.13. The molecule has 2 amide bonds. The Morgan fingerprint density at radius 2 is 1.76 bits per heavy atom. The highest BCUT2D eigenvalue weighted by molar-refractivity contribution is 5.98. The van der Waals surface area contributed by atoms with Gasteiger partial charge in [-0.1, -0.05) is 0 Å². The van der Waals surface area contributed by atoms with Crippen molar-refractivity contribution in [3.05, 3.63) is 59.9 Å². The lowest BCUT2D eigenvalue weighted by Crippen LogP contribution is -2.59. The van der Waals surface area contributed by atoms with E-state index in [2.05, 4.69) is 4.98 Å². The van der Waals surface area contributed by atoms with Crippen LogP contribution >= 0.6 is 0 Å². The van der Waals surface area contributed by atoms with Gasteiger partial charge in [0.05, 0.1) is 19.2 Å². The Morgan fingerprint density at radius 3 is 2.34 bits per heavy atom. The number of benzene rings is 1. The largest absolute Gasteiger partial charge is 0.467 e. The van der Waals surface area contributed by atoms with Gasteiger partial charge in [-0.05, 0) is 36.4 Å². The number of pyridine rings is 1. The molecular formula is C21H24N4O4. The molecule has 29 heavy (non-hydrogen) atoms. The minimum absolute atomic E-state index is 0.0763. The number of aromatic nitrogens is 1. The summed E-state index contributed by atoms with van der Waals surface area (Å²) < 4.78 is 4.89. The van der Waals surface area contributed by atoms with E-state index in [4.69, 9.17) is 4.74 Å². The lowest BCUT2D eigenvalue weighted by Gasteiger charge is -2.39. The maximum absolute atomic E-state index is 12.9. The first kappa shape index (κ1) is 20.3. The molecule has 2 heterocycles. The highest BCUT2D eigenvalue weighted by Gasteiger charge is 2.38. The third kappa shape index (κ3) is 4.37. The van der Waals surface area contributed by atoms with Crippen LogP contribution in [0.15, 0.2) is 48.8 Å². The molecule has 1 aromatic carbocycles. The van der Waals surface area contributed by atoms with Gasteiger partial charge in [0.15, 0.2) is 0 Å². The summed E-state index contributed by atoms with van der Waals surface area (Å²) in [6, 6.07) is 9.70. The first-order valence-corrected chi connectivity index (χ1v) is 9.28. The van der Waals surface area contributed by atoms with Gasteiger partial charge in [0.1, 0.15) is 6.04 Å². The van der Waals surface area contributed by atoms with Gasteiger partial charge in [-0.3, -0.25) is 14.6 Å². The Hall–Kier alpha value is -3.42. The highest BCUT2D eigenvalue weighted by atomic mass is 16.5. The highest BCUT2D eigenvalue weighted by Crippen LogP contribution is 2.19. The zero-order valence-electron chi connectivity index (χ0n) is 16.7. The van der Waals surface area contributed by atoms with E-state index in [9.17, 15) is 14.4 Å². The standard InChI is InChI=1S/C21H24N4O4/c1-23(2)17-8-6-15(7-9-17)19(26)24-11-12-25(18(14-24)21(28)29-3)20(27)16-5-4-10-22-13-16/h4-10,13,18H,11-12,14H2,1-3H3/t18-/m1/s1. The number of methoxy groups -OCH3 is 1. The second-order valence-corrected chi connectivity index (χ2v) is 6.97. The summed E-state index contributed by atoms with van der Waals surface area (Å²) in [5.41, 5.74) is 1.91. The molecule has 8 nitrogen and oxygen atoms in total. The van der Waals surface area contributed by atoms with Crippen LogP contribution in [0.4, 0.5) is 5.69 Å². The van der Waals surface area contributed by atoms with Gasteiger partial charge in [0, 0.05) is 50.8 Å². The molecule has 0 aliphatic carbocycles. The maximum Gasteiger partial charge on any atom is 0.330 e. The third-order valence-electron chi connectivity index (χ3n) is 4.94. The van der Waals surface area contributed by atoms with Crippen molar-refractivity contribution < 1.29 is 19.1 Å². The Labute approximate surface area is 169 Å². The van der Waals surface area contributed by atoms with E-state index in [-0.39, 0.29) is 24.9 Å². The molecule has 0 N–H and O–H groups in total. The van der Waals surface area contributed by atoms with Gasteiger partial charge in [-0.2, -0.15) is 0 Å². The monoisotopic (exact) mass is 396 g/mol. The Morgan fingerprint density at radius 1 is 1.03 bits per heavy atom. The molecule has 1 aliphatic rings. The van der Waals surface area contributed by atoms with Crippen LogP contribution in [0.1, 0.15) is 20.7 Å². The molecule has 0 saturated carbocycles. The molecule has 1 aromatic heterocycles. The normalized spacial score (nSPS) is 16.3. The number of carbonyl (C=O) groups excluding carboxylic acids is 3. The lowest BCUT2D eigenvalue weighted by atomic mass is 10.1. The van der Waals surface area contributed by atoms with E-state index in [1.807, 2.05) is 31.1 Å². The molecule has 0 radical (unpaired) electrons. The van der Waals surface area contributed by atoms with E-state index in [1.165, 1.54) is 18.2 Å². The van der Waals surface area contributed by atoms with Crippen LogP contribution in [0.3, 0.4) is 0 Å². The van der Waals surface area contributed by atoms with Crippen molar-refractivity contribution in [3.8, 4) is 0 Å². The molecule has 8 heteroatoms. The molecule has 0 spiro atoms. The minimum atomic E-state index is -0.869. The van der Waals surface area contributed by atoms with Gasteiger partial charge in [-0.15, -0.1) is 0 Å². The predicted molar refractivity (Wildman–Crippen MR) is 108 cm³/mol. The van der Waals surface area contributed by atoms with Gasteiger partial charge in [0.2, 0.25) is 0 Å². The van der Waals surface area contributed by atoms with Crippen LogP contribution in [-0.2, 0) is 9.53 Å². The first-order chi connectivity index (χ1) is 13.9. The number of esters is 1. The van der Waals surface area contributed by atoms with Crippen LogP contribution in [0.25, 0.3) is 0 Å². The fraction of sp³-hybridized carbons (Fsp3) is 0.333. The fourth-order valence-corrected chi connectivity index (χ4v) is 3.29. The molecule has 0 unspecified atom stereocenters. The number of nitrogens with zero attached hydrogens (tertiary/aromatic N) is 4. The van der Waals surface area contributed by atoms with Crippen LogP contribution in [0.5, 0.6) is 0 Å². The van der Waals surface area contributed by atoms with E-state index in [0.717, 1.165) is 5.69 Å². The van der Waals surface area contributed by atoms with Crippen LogP contribution in [0.2, 0.25) is 0 Å². The summed E-state index contributed by atoms with van der Waals surface area (Å²) in [6.45, 7) is 0.635. The summed E-state index contributed by atoms with van der Waals surface area (Å²) in [4.78, 5) is 47.1. The minimum Gasteiger partial charge on any atom is -0.467 e. The molecule has 1 aliphatic heterocycles. The van der Waals surface area contributed by atoms with E-state index in [0.29, 0.717) is 17.7 Å². The number of amides is 2. The summed E-state index contributed by atoms with van der Waals surface area (Å²) >= 11 is 0. The second-order valence-electron chi connectivity index (χ2n) is 6.97. The molecule has 1 atom stereocenters. The van der Waals surface area contributed by atoms with E-state index in [1.54, 1.807) is 35.4 Å². The van der Waals surface area contributed by atoms with Gasteiger partial charge < -0.3 is 19.4 Å². The molecule has 0 bridgehead atoms. The van der Waals surface area contributed by atoms with Gasteiger partial charge >= 0.3 is 5.97 Å². The molecular weight excluding hydrogens is 372 g/mol. The summed E-state index contributed by atoms with van der Waals surface area (Å²) in [6.07, 6.45) is 3.03. The Balaban J connectivity index is 1.78. The Kier molecular flexibility index (Phi) is 6.11. The van der Waals surface area contributed by atoms with Crippen molar-refractivity contribution in [1.82, 2.24) is 14.8 Å². The van der Waals surface area contributed by atoms with Crippen molar-refractivity contribution in [1.29, 1.82) is 0 Å². The SMILES string of the molecule is COC(=O)[C@H]1CN(C(=O)c2ccc(N(C)C)cc2)CCN1C(=O)c1cccnc1. The average Bonchev–Trinajstić information content (AvgIpc) is 2.77. The Bertz CT molecular complexity index is 883. The van der Waals surface area contributed by atoms with E-state index >= 15 is 0 Å². The molecule has 1 fully saturated rings. The first-order valence-electron chi connectivity index (χ1n) is 9.28. The van der Waals surface area contributed by atoms with Crippen molar-refractivity contribution in [3.63, 3.8) is 0 Å². The quantitative estimate of drug-likeness (QED) is 0.725. The van der Waals surface area contributed by atoms with Gasteiger partial charge in [-0.25, -0.2) is 4.79 Å². The zero-order valence-corrected chi connectivity index (χ0v) is 16.7.